The van der Waals surface area contributed by atoms with Crippen LogP contribution in [0.25, 0.3) is 0 Å². The quantitative estimate of drug-likeness (QED) is 0.766. The van der Waals surface area contributed by atoms with Gasteiger partial charge in [0.2, 0.25) is 0 Å². The summed E-state index contributed by atoms with van der Waals surface area (Å²) in [5.41, 5.74) is 8.38. The number of aryl methyl sites for hydroxylation is 1. The fraction of sp³-hybridized carbons (Fsp3) is 0.286. The lowest BCUT2D eigenvalue weighted by Crippen LogP contribution is -2.30. The Bertz CT molecular complexity index is 578. The zero-order valence-electron chi connectivity index (χ0n) is 11.5. The van der Waals surface area contributed by atoms with E-state index in [1.54, 1.807) is 10.9 Å². The molecular weight excluding hydrogens is 254 g/mol. The molecule has 0 fully saturated rings. The van der Waals surface area contributed by atoms with Crippen LogP contribution in [0.5, 0.6) is 0 Å². The molecule has 106 valence electrons. The predicted molar refractivity (Wildman–Crippen MR) is 78.3 cm³/mol. The van der Waals surface area contributed by atoms with Gasteiger partial charge in [0.25, 0.3) is 0 Å². The number of hydrogen-bond donors (Lipinski definition) is 3. The average molecular weight is 273 g/mol. The predicted octanol–water partition coefficient (Wildman–Crippen LogP) is 1.24. The van der Waals surface area contributed by atoms with Crippen molar-refractivity contribution in [2.24, 2.45) is 12.8 Å². The third-order valence-electron chi connectivity index (χ3n) is 2.88. The summed E-state index contributed by atoms with van der Waals surface area (Å²) in [5, 5.41) is 9.67. The van der Waals surface area contributed by atoms with E-state index >= 15 is 0 Å². The zero-order chi connectivity index (χ0) is 14.4. The Morgan fingerprint density at radius 3 is 2.95 bits per heavy atom. The number of amides is 2. The molecule has 1 aromatic heterocycles. The minimum atomic E-state index is -0.219. The first kappa shape index (κ1) is 14.1. The molecule has 0 atom stereocenters. The van der Waals surface area contributed by atoms with Crippen molar-refractivity contribution >= 4 is 11.7 Å². The Morgan fingerprint density at radius 1 is 1.40 bits per heavy atom. The van der Waals surface area contributed by atoms with E-state index in [-0.39, 0.29) is 6.03 Å². The summed E-state index contributed by atoms with van der Waals surface area (Å²) in [5.74, 6) is 0. The molecule has 0 saturated carbocycles. The highest BCUT2D eigenvalue weighted by molar-refractivity contribution is 5.89. The number of carbonyl (C=O) groups excluding carboxylic acids is 1. The monoisotopic (exact) mass is 273 g/mol. The molecule has 6 nitrogen and oxygen atoms in total. The Kier molecular flexibility index (Phi) is 4.73. The molecule has 1 heterocycles. The fourth-order valence-electron chi connectivity index (χ4n) is 1.87. The summed E-state index contributed by atoms with van der Waals surface area (Å²) in [7, 11) is 1.87. The molecular formula is C14H19N5O. The zero-order valence-corrected chi connectivity index (χ0v) is 11.5. The maximum Gasteiger partial charge on any atom is 0.319 e. The van der Waals surface area contributed by atoms with Gasteiger partial charge >= 0.3 is 6.03 Å². The first-order valence-electron chi connectivity index (χ1n) is 6.49. The van der Waals surface area contributed by atoms with Crippen molar-refractivity contribution in [3.05, 3.63) is 47.8 Å². The Balaban J connectivity index is 1.77. The minimum absolute atomic E-state index is 0.219. The number of rotatable bonds is 5. The van der Waals surface area contributed by atoms with Crippen molar-refractivity contribution < 1.29 is 4.79 Å². The van der Waals surface area contributed by atoms with Crippen LogP contribution in [0.15, 0.2) is 36.7 Å². The van der Waals surface area contributed by atoms with E-state index in [0.717, 1.165) is 23.2 Å². The number of nitrogens with zero attached hydrogens (tertiary/aromatic N) is 2. The Labute approximate surface area is 118 Å². The summed E-state index contributed by atoms with van der Waals surface area (Å²) in [6, 6.07) is 7.27. The smallest absolute Gasteiger partial charge is 0.319 e. The molecule has 20 heavy (non-hydrogen) atoms. The van der Waals surface area contributed by atoms with Crippen LogP contribution in [-0.4, -0.2) is 22.4 Å². The van der Waals surface area contributed by atoms with Crippen LogP contribution >= 0.6 is 0 Å². The lowest BCUT2D eigenvalue weighted by molar-refractivity contribution is 0.252. The molecule has 0 unspecified atom stereocenters. The topological polar surface area (TPSA) is 85.0 Å². The molecule has 0 bridgehead atoms. The fourth-order valence-corrected chi connectivity index (χ4v) is 1.87. The molecule has 0 saturated heterocycles. The maximum absolute atomic E-state index is 11.7. The van der Waals surface area contributed by atoms with Gasteiger partial charge in [-0.25, -0.2) is 4.79 Å². The standard InChI is InChI=1S/C14H19N5O/c1-19-10-12(9-17-19)5-6-16-14(20)18-13-4-2-3-11(7-13)8-15/h2-4,7,9-10H,5-6,8,15H2,1H3,(H2,16,18,20). The van der Waals surface area contributed by atoms with Crippen molar-refractivity contribution in [1.82, 2.24) is 15.1 Å². The molecule has 1 aromatic carbocycles. The molecule has 2 rings (SSSR count). The Morgan fingerprint density at radius 2 is 2.25 bits per heavy atom. The molecule has 6 heteroatoms. The second-order valence-electron chi connectivity index (χ2n) is 4.56. The van der Waals surface area contributed by atoms with E-state index in [4.69, 9.17) is 5.73 Å². The van der Waals surface area contributed by atoms with Gasteiger partial charge in [-0.05, 0) is 29.7 Å². The summed E-state index contributed by atoms with van der Waals surface area (Å²) in [4.78, 5) is 11.7. The molecule has 0 aliphatic heterocycles. The first-order chi connectivity index (χ1) is 9.67. The molecule has 2 aromatic rings. The van der Waals surface area contributed by atoms with Gasteiger partial charge in [-0.2, -0.15) is 5.10 Å². The second-order valence-corrected chi connectivity index (χ2v) is 4.56. The molecule has 0 aliphatic carbocycles. The number of nitrogens with two attached hydrogens (primary N) is 1. The van der Waals surface area contributed by atoms with Gasteiger partial charge < -0.3 is 16.4 Å². The lowest BCUT2D eigenvalue weighted by Gasteiger charge is -2.08. The normalized spacial score (nSPS) is 10.3. The summed E-state index contributed by atoms with van der Waals surface area (Å²) in [6.45, 7) is 1.02. The van der Waals surface area contributed by atoms with Gasteiger partial charge in [0.05, 0.1) is 6.20 Å². The maximum atomic E-state index is 11.7. The SMILES string of the molecule is Cn1cc(CCNC(=O)Nc2cccc(CN)c2)cn1. The van der Waals surface area contributed by atoms with Crippen LogP contribution in [0.1, 0.15) is 11.1 Å². The molecule has 4 N–H and O–H groups in total. The highest BCUT2D eigenvalue weighted by atomic mass is 16.2. The molecule has 0 spiro atoms. The van der Waals surface area contributed by atoms with Gasteiger partial charge in [0.15, 0.2) is 0 Å². The Hall–Kier alpha value is -2.34. The van der Waals surface area contributed by atoms with E-state index in [2.05, 4.69) is 15.7 Å². The third-order valence-corrected chi connectivity index (χ3v) is 2.88. The van der Waals surface area contributed by atoms with Crippen molar-refractivity contribution in [3.8, 4) is 0 Å². The van der Waals surface area contributed by atoms with Gasteiger partial charge in [0, 0.05) is 32.0 Å². The number of nitrogens with one attached hydrogen (secondary N) is 2. The first-order valence-corrected chi connectivity index (χ1v) is 6.49. The molecule has 2 amide bonds. The number of anilines is 1. The third kappa shape index (κ3) is 4.10. The second kappa shape index (κ2) is 6.72. The average Bonchev–Trinajstić information content (AvgIpc) is 2.84. The van der Waals surface area contributed by atoms with E-state index in [1.807, 2.05) is 37.5 Å². The van der Waals surface area contributed by atoms with Crippen molar-refractivity contribution in [3.63, 3.8) is 0 Å². The van der Waals surface area contributed by atoms with E-state index in [9.17, 15) is 4.79 Å². The van der Waals surface area contributed by atoms with Crippen molar-refractivity contribution in [1.29, 1.82) is 0 Å². The summed E-state index contributed by atoms with van der Waals surface area (Å²) < 4.78 is 1.74. The largest absolute Gasteiger partial charge is 0.338 e. The van der Waals surface area contributed by atoms with E-state index in [1.165, 1.54) is 0 Å². The van der Waals surface area contributed by atoms with Crippen LogP contribution in [-0.2, 0) is 20.0 Å². The van der Waals surface area contributed by atoms with Crippen LogP contribution in [0, 0.1) is 0 Å². The number of benzene rings is 1. The van der Waals surface area contributed by atoms with Gasteiger partial charge in [-0.1, -0.05) is 12.1 Å². The molecule has 0 radical (unpaired) electrons. The summed E-state index contributed by atoms with van der Waals surface area (Å²) >= 11 is 0. The minimum Gasteiger partial charge on any atom is -0.338 e. The summed E-state index contributed by atoms with van der Waals surface area (Å²) in [6.07, 6.45) is 4.48. The highest BCUT2D eigenvalue weighted by Gasteiger charge is 2.02. The van der Waals surface area contributed by atoms with Crippen LogP contribution < -0.4 is 16.4 Å². The number of aromatic nitrogens is 2. The van der Waals surface area contributed by atoms with E-state index in [0.29, 0.717) is 13.1 Å². The van der Waals surface area contributed by atoms with Crippen LogP contribution in [0.2, 0.25) is 0 Å². The van der Waals surface area contributed by atoms with Crippen molar-refractivity contribution in [2.45, 2.75) is 13.0 Å². The van der Waals surface area contributed by atoms with E-state index < -0.39 is 0 Å². The van der Waals surface area contributed by atoms with Gasteiger partial charge in [-0.3, -0.25) is 4.68 Å². The van der Waals surface area contributed by atoms with Crippen LogP contribution in [0.3, 0.4) is 0 Å². The highest BCUT2D eigenvalue weighted by Crippen LogP contribution is 2.09. The number of hydrogen-bond acceptors (Lipinski definition) is 3. The van der Waals surface area contributed by atoms with Crippen LogP contribution in [0.4, 0.5) is 10.5 Å². The van der Waals surface area contributed by atoms with Gasteiger partial charge in [-0.15, -0.1) is 0 Å². The molecule has 0 aliphatic rings. The number of urea groups is 1. The van der Waals surface area contributed by atoms with Crippen molar-refractivity contribution in [2.75, 3.05) is 11.9 Å². The van der Waals surface area contributed by atoms with Gasteiger partial charge in [0.1, 0.15) is 0 Å². The lowest BCUT2D eigenvalue weighted by atomic mass is 10.2. The number of carbonyl (C=O) groups is 1.